The van der Waals surface area contributed by atoms with Gasteiger partial charge in [0, 0.05) is 34.2 Å². The Balaban J connectivity index is 1.73. The third-order valence-corrected chi connectivity index (χ3v) is 7.41. The van der Waals surface area contributed by atoms with Gasteiger partial charge < -0.3 is 5.32 Å². The van der Waals surface area contributed by atoms with Crippen molar-refractivity contribution < 1.29 is 13.6 Å². The standard InChI is InChI=1S/C21H24F2N2OS2/c1-12(2)15-11-27-19(24-15)17-14-8-9-21(22,23)10-16(14)28-20(17)25-18(26)13-6-4-3-5-7-13/h6,11-12H,3-5,7-10H2,1-2H3,(H,25,26). The predicted octanol–water partition coefficient (Wildman–Crippen LogP) is 6.56. The van der Waals surface area contributed by atoms with Crippen LogP contribution in [-0.2, 0) is 17.6 Å². The summed E-state index contributed by atoms with van der Waals surface area (Å²) in [4.78, 5) is 18.2. The summed E-state index contributed by atoms with van der Waals surface area (Å²) in [7, 11) is 0. The lowest BCUT2D eigenvalue weighted by atomic mass is 9.93. The van der Waals surface area contributed by atoms with E-state index in [0.717, 1.165) is 53.1 Å². The van der Waals surface area contributed by atoms with E-state index in [0.29, 0.717) is 22.2 Å². The van der Waals surface area contributed by atoms with E-state index in [1.165, 1.54) is 22.7 Å². The SMILES string of the molecule is CC(C)c1csc(-c2c(NC(=O)C3=CCCCC3)sc3c2CCC(F)(F)C3)n1. The third-order valence-electron chi connectivity index (χ3n) is 5.39. The van der Waals surface area contributed by atoms with Crippen LogP contribution in [0.25, 0.3) is 10.6 Å². The molecule has 0 radical (unpaired) electrons. The molecule has 2 aliphatic carbocycles. The Morgan fingerprint density at radius 3 is 2.79 bits per heavy atom. The number of alkyl halides is 2. The van der Waals surface area contributed by atoms with E-state index in [2.05, 4.69) is 19.2 Å². The zero-order valence-corrected chi connectivity index (χ0v) is 17.7. The molecule has 0 aliphatic heterocycles. The van der Waals surface area contributed by atoms with Crippen molar-refractivity contribution in [3.8, 4) is 10.6 Å². The first-order valence-electron chi connectivity index (χ1n) is 9.82. The number of carbonyl (C=O) groups is 1. The van der Waals surface area contributed by atoms with E-state index >= 15 is 0 Å². The van der Waals surface area contributed by atoms with E-state index in [-0.39, 0.29) is 18.7 Å². The summed E-state index contributed by atoms with van der Waals surface area (Å²) in [5.74, 6) is -2.48. The summed E-state index contributed by atoms with van der Waals surface area (Å²) in [6, 6.07) is 0. The molecule has 0 fully saturated rings. The second-order valence-corrected chi connectivity index (χ2v) is 9.87. The first-order valence-corrected chi connectivity index (χ1v) is 11.5. The van der Waals surface area contributed by atoms with Gasteiger partial charge in [0.2, 0.25) is 0 Å². The van der Waals surface area contributed by atoms with E-state index in [9.17, 15) is 13.6 Å². The molecule has 0 aromatic carbocycles. The van der Waals surface area contributed by atoms with Crippen molar-refractivity contribution in [2.75, 3.05) is 5.32 Å². The maximum absolute atomic E-state index is 14.0. The summed E-state index contributed by atoms with van der Waals surface area (Å²) < 4.78 is 28.0. The van der Waals surface area contributed by atoms with Gasteiger partial charge in [0.1, 0.15) is 10.0 Å². The topological polar surface area (TPSA) is 42.0 Å². The van der Waals surface area contributed by atoms with Crippen LogP contribution < -0.4 is 5.32 Å². The number of thiophene rings is 1. The van der Waals surface area contributed by atoms with E-state index in [1.54, 1.807) is 0 Å². The predicted molar refractivity (Wildman–Crippen MR) is 112 cm³/mol. The summed E-state index contributed by atoms with van der Waals surface area (Å²) in [6.07, 6.45) is 5.76. The van der Waals surface area contributed by atoms with Gasteiger partial charge in [-0.05, 0) is 43.6 Å². The molecule has 2 heterocycles. The molecule has 2 aromatic rings. The van der Waals surface area contributed by atoms with Crippen LogP contribution >= 0.6 is 22.7 Å². The lowest BCUT2D eigenvalue weighted by molar-refractivity contribution is -0.113. The molecule has 0 saturated carbocycles. The highest BCUT2D eigenvalue weighted by atomic mass is 32.1. The summed E-state index contributed by atoms with van der Waals surface area (Å²) in [5.41, 5.74) is 3.59. The molecule has 3 nitrogen and oxygen atoms in total. The molecule has 0 atom stereocenters. The minimum atomic E-state index is -2.67. The molecule has 4 rings (SSSR count). The fourth-order valence-corrected chi connectivity index (χ4v) is 6.20. The van der Waals surface area contributed by atoms with Crippen LogP contribution in [0.5, 0.6) is 0 Å². The molecular weight excluding hydrogens is 398 g/mol. The molecule has 28 heavy (non-hydrogen) atoms. The van der Waals surface area contributed by atoms with E-state index < -0.39 is 5.92 Å². The first kappa shape index (κ1) is 19.7. The fraction of sp³-hybridized carbons (Fsp3) is 0.524. The minimum absolute atomic E-state index is 0.105. The number of fused-ring (bicyclic) bond motifs is 1. The molecule has 1 N–H and O–H groups in total. The van der Waals surface area contributed by atoms with Crippen LogP contribution in [0, 0.1) is 0 Å². The number of allylic oxidation sites excluding steroid dienone is 1. The quantitative estimate of drug-likeness (QED) is 0.606. The van der Waals surface area contributed by atoms with Crippen LogP contribution in [0.1, 0.15) is 68.0 Å². The Hall–Kier alpha value is -1.60. The lowest BCUT2D eigenvalue weighted by Gasteiger charge is -2.21. The average Bonchev–Trinajstić information content (AvgIpc) is 3.25. The zero-order valence-electron chi connectivity index (χ0n) is 16.1. The maximum atomic E-state index is 14.0. The molecule has 2 aromatic heterocycles. The smallest absolute Gasteiger partial charge is 0.253 e. The number of nitrogens with zero attached hydrogens (tertiary/aromatic N) is 1. The Labute approximate surface area is 171 Å². The molecule has 0 bridgehead atoms. The Morgan fingerprint density at radius 1 is 1.29 bits per heavy atom. The van der Waals surface area contributed by atoms with Crippen molar-refractivity contribution in [1.29, 1.82) is 0 Å². The number of halogens is 2. The van der Waals surface area contributed by atoms with Crippen LogP contribution in [-0.4, -0.2) is 16.8 Å². The highest BCUT2D eigenvalue weighted by Gasteiger charge is 2.38. The molecule has 0 unspecified atom stereocenters. The Kier molecular flexibility index (Phi) is 5.40. The van der Waals surface area contributed by atoms with Gasteiger partial charge in [-0.1, -0.05) is 19.9 Å². The highest BCUT2D eigenvalue weighted by Crippen LogP contribution is 2.48. The van der Waals surface area contributed by atoms with Crippen molar-refractivity contribution in [3.63, 3.8) is 0 Å². The normalized spacial score (nSPS) is 18.7. The largest absolute Gasteiger partial charge is 0.313 e. The number of rotatable bonds is 4. The van der Waals surface area contributed by atoms with Crippen LogP contribution in [0.3, 0.4) is 0 Å². The van der Waals surface area contributed by atoms with Crippen LogP contribution in [0.15, 0.2) is 17.0 Å². The van der Waals surface area contributed by atoms with Gasteiger partial charge in [0.15, 0.2) is 0 Å². The number of amides is 1. The van der Waals surface area contributed by atoms with Gasteiger partial charge in [0.05, 0.1) is 5.69 Å². The summed E-state index contributed by atoms with van der Waals surface area (Å²) in [6.45, 7) is 4.17. The monoisotopic (exact) mass is 422 g/mol. The van der Waals surface area contributed by atoms with Crippen molar-refractivity contribution >= 4 is 33.6 Å². The molecule has 2 aliphatic rings. The fourth-order valence-electron chi connectivity index (χ4n) is 3.76. The number of aromatic nitrogens is 1. The number of anilines is 1. The molecule has 0 spiro atoms. The highest BCUT2D eigenvalue weighted by molar-refractivity contribution is 7.18. The summed E-state index contributed by atoms with van der Waals surface area (Å²) in [5, 5.41) is 6.55. The van der Waals surface area contributed by atoms with Gasteiger partial charge in [-0.3, -0.25) is 4.79 Å². The lowest BCUT2D eigenvalue weighted by Crippen LogP contribution is -2.24. The Bertz CT molecular complexity index is 927. The number of hydrogen-bond acceptors (Lipinski definition) is 4. The first-order chi connectivity index (χ1) is 13.3. The zero-order chi connectivity index (χ0) is 19.9. The van der Waals surface area contributed by atoms with Gasteiger partial charge in [-0.15, -0.1) is 22.7 Å². The van der Waals surface area contributed by atoms with Gasteiger partial charge >= 0.3 is 0 Å². The number of thiazole rings is 1. The van der Waals surface area contributed by atoms with E-state index in [1.807, 2.05) is 11.5 Å². The van der Waals surface area contributed by atoms with Crippen LogP contribution in [0.4, 0.5) is 13.8 Å². The van der Waals surface area contributed by atoms with Crippen molar-refractivity contribution in [3.05, 3.63) is 33.2 Å². The number of carbonyl (C=O) groups excluding carboxylic acids is 1. The average molecular weight is 423 g/mol. The number of nitrogens with one attached hydrogen (secondary N) is 1. The van der Waals surface area contributed by atoms with Crippen molar-refractivity contribution in [2.24, 2.45) is 0 Å². The summed E-state index contributed by atoms with van der Waals surface area (Å²) >= 11 is 2.82. The minimum Gasteiger partial charge on any atom is -0.313 e. The van der Waals surface area contributed by atoms with E-state index in [4.69, 9.17) is 4.98 Å². The Morgan fingerprint density at radius 2 is 2.11 bits per heavy atom. The second-order valence-electron chi connectivity index (χ2n) is 7.90. The van der Waals surface area contributed by atoms with Crippen molar-refractivity contribution in [2.45, 2.75) is 70.6 Å². The van der Waals surface area contributed by atoms with Crippen LogP contribution in [0.2, 0.25) is 0 Å². The second kappa shape index (κ2) is 7.67. The molecular formula is C21H24F2N2OS2. The van der Waals surface area contributed by atoms with Gasteiger partial charge in [-0.2, -0.15) is 0 Å². The van der Waals surface area contributed by atoms with Crippen molar-refractivity contribution in [1.82, 2.24) is 4.98 Å². The molecule has 1 amide bonds. The molecule has 0 saturated heterocycles. The number of hydrogen-bond donors (Lipinski definition) is 1. The van der Waals surface area contributed by atoms with Gasteiger partial charge in [0.25, 0.3) is 11.8 Å². The van der Waals surface area contributed by atoms with Gasteiger partial charge in [-0.25, -0.2) is 13.8 Å². The molecule has 150 valence electrons. The maximum Gasteiger partial charge on any atom is 0.253 e. The third kappa shape index (κ3) is 3.92. The molecule has 7 heteroatoms.